The first-order valence-corrected chi connectivity index (χ1v) is 8.53. The predicted octanol–water partition coefficient (Wildman–Crippen LogP) is 2.56. The topological polar surface area (TPSA) is 51.0 Å². The summed E-state index contributed by atoms with van der Waals surface area (Å²) in [5, 5.41) is 4.25. The van der Waals surface area contributed by atoms with E-state index in [4.69, 9.17) is 0 Å². The van der Waals surface area contributed by atoms with Crippen molar-refractivity contribution in [2.24, 2.45) is 0 Å². The van der Waals surface area contributed by atoms with Crippen molar-refractivity contribution in [2.75, 3.05) is 13.1 Å². The first-order chi connectivity index (χ1) is 11.3. The van der Waals surface area contributed by atoms with Crippen LogP contribution in [0.2, 0.25) is 0 Å². The molecule has 120 valence electrons. The third-order valence-electron chi connectivity index (χ3n) is 5.19. The minimum atomic E-state index is 0.0365. The number of amides is 1. The summed E-state index contributed by atoms with van der Waals surface area (Å²) in [6.07, 6.45) is 8.60. The first-order valence-electron chi connectivity index (χ1n) is 8.53. The highest BCUT2D eigenvalue weighted by Crippen LogP contribution is 2.34. The fourth-order valence-corrected chi connectivity index (χ4v) is 4.01. The molecule has 1 aliphatic heterocycles. The zero-order valence-electron chi connectivity index (χ0n) is 13.3. The molecule has 0 N–H and O–H groups in total. The molecule has 4 rings (SSSR count). The van der Waals surface area contributed by atoms with Crippen LogP contribution in [0.3, 0.4) is 0 Å². The summed E-state index contributed by atoms with van der Waals surface area (Å²) >= 11 is 0. The summed E-state index contributed by atoms with van der Waals surface area (Å²) in [5.74, 6) is 0.330. The molecular formula is C18H22N4O. The van der Waals surface area contributed by atoms with Gasteiger partial charge in [0, 0.05) is 13.1 Å². The highest BCUT2D eigenvalue weighted by molar-refractivity contribution is 5.84. The van der Waals surface area contributed by atoms with Gasteiger partial charge in [0.25, 0.3) is 0 Å². The van der Waals surface area contributed by atoms with Crippen LogP contribution in [0.15, 0.2) is 36.9 Å². The summed E-state index contributed by atoms with van der Waals surface area (Å²) in [6, 6.07) is 8.69. The smallest absolute Gasteiger partial charge is 0.230 e. The van der Waals surface area contributed by atoms with Crippen molar-refractivity contribution in [3.05, 3.63) is 48.0 Å². The number of carbonyl (C=O) groups excluding carboxylic acids is 1. The molecule has 2 aliphatic rings. The Labute approximate surface area is 136 Å². The summed E-state index contributed by atoms with van der Waals surface area (Å²) in [4.78, 5) is 19.2. The second kappa shape index (κ2) is 6.14. The van der Waals surface area contributed by atoms with Crippen molar-refractivity contribution < 1.29 is 4.79 Å². The Morgan fingerprint density at radius 2 is 2.09 bits per heavy atom. The van der Waals surface area contributed by atoms with Crippen LogP contribution in [-0.4, -0.2) is 38.7 Å². The van der Waals surface area contributed by atoms with Gasteiger partial charge >= 0.3 is 0 Å². The second-order valence-corrected chi connectivity index (χ2v) is 6.60. The van der Waals surface area contributed by atoms with Gasteiger partial charge in [-0.1, -0.05) is 24.3 Å². The van der Waals surface area contributed by atoms with E-state index < -0.39 is 0 Å². The lowest BCUT2D eigenvalue weighted by molar-refractivity contribution is -0.134. The van der Waals surface area contributed by atoms with Crippen molar-refractivity contribution in [2.45, 2.75) is 44.1 Å². The third-order valence-corrected chi connectivity index (χ3v) is 5.19. The number of nitrogens with zero attached hydrogens (tertiary/aromatic N) is 4. The zero-order chi connectivity index (χ0) is 15.6. The van der Waals surface area contributed by atoms with Crippen molar-refractivity contribution in [1.82, 2.24) is 19.7 Å². The van der Waals surface area contributed by atoms with Crippen molar-refractivity contribution in [3.8, 4) is 0 Å². The maximum atomic E-state index is 13.1. The largest absolute Gasteiger partial charge is 0.340 e. The van der Waals surface area contributed by atoms with Crippen LogP contribution in [-0.2, 0) is 11.2 Å². The normalized spacial score (nSPS) is 24.3. The molecule has 1 saturated heterocycles. The van der Waals surface area contributed by atoms with Crippen LogP contribution in [0.5, 0.6) is 0 Å². The van der Waals surface area contributed by atoms with Crippen LogP contribution in [0, 0.1) is 0 Å². The van der Waals surface area contributed by atoms with E-state index in [1.165, 1.54) is 11.1 Å². The van der Waals surface area contributed by atoms with Gasteiger partial charge in [0.2, 0.25) is 5.91 Å². The molecule has 5 heteroatoms. The van der Waals surface area contributed by atoms with E-state index in [-0.39, 0.29) is 12.0 Å². The average Bonchev–Trinajstić information content (AvgIpc) is 3.15. The number of aromatic nitrogens is 3. The van der Waals surface area contributed by atoms with Gasteiger partial charge in [0.15, 0.2) is 0 Å². The number of aryl methyl sites for hydroxylation is 1. The molecule has 5 nitrogen and oxygen atoms in total. The van der Waals surface area contributed by atoms with E-state index in [9.17, 15) is 4.79 Å². The van der Waals surface area contributed by atoms with Gasteiger partial charge in [-0.25, -0.2) is 9.67 Å². The number of fused-ring (bicyclic) bond motifs is 1. The Bertz CT molecular complexity index is 682. The molecule has 2 heterocycles. The monoisotopic (exact) mass is 310 g/mol. The fourth-order valence-electron chi connectivity index (χ4n) is 4.01. The Morgan fingerprint density at radius 3 is 2.96 bits per heavy atom. The third kappa shape index (κ3) is 2.76. The second-order valence-electron chi connectivity index (χ2n) is 6.60. The van der Waals surface area contributed by atoms with Gasteiger partial charge < -0.3 is 4.90 Å². The number of carbonyl (C=O) groups is 1. The van der Waals surface area contributed by atoms with Crippen molar-refractivity contribution >= 4 is 5.91 Å². The van der Waals surface area contributed by atoms with Crippen molar-refractivity contribution in [3.63, 3.8) is 0 Å². The minimum absolute atomic E-state index is 0.0365. The van der Waals surface area contributed by atoms with E-state index >= 15 is 0 Å². The molecule has 0 bridgehead atoms. The molecule has 1 fully saturated rings. The number of benzene rings is 1. The molecule has 1 aromatic carbocycles. The molecule has 0 unspecified atom stereocenters. The molecule has 1 aliphatic carbocycles. The van der Waals surface area contributed by atoms with E-state index in [0.717, 1.165) is 45.2 Å². The Hall–Kier alpha value is -2.17. The average molecular weight is 310 g/mol. The molecule has 1 aromatic heterocycles. The Morgan fingerprint density at radius 1 is 1.17 bits per heavy atom. The molecule has 2 aromatic rings. The van der Waals surface area contributed by atoms with Gasteiger partial charge in [-0.2, -0.15) is 5.10 Å². The molecule has 1 amide bonds. The number of piperidine rings is 1. The van der Waals surface area contributed by atoms with Crippen LogP contribution in [0.1, 0.15) is 48.8 Å². The Kier molecular flexibility index (Phi) is 3.85. The molecule has 0 saturated carbocycles. The molecular weight excluding hydrogens is 288 g/mol. The van der Waals surface area contributed by atoms with E-state index in [1.807, 2.05) is 9.58 Å². The van der Waals surface area contributed by atoms with Gasteiger partial charge in [-0.05, 0) is 43.2 Å². The quantitative estimate of drug-likeness (QED) is 0.856. The van der Waals surface area contributed by atoms with E-state index in [1.54, 1.807) is 12.7 Å². The summed E-state index contributed by atoms with van der Waals surface area (Å²) in [6.45, 7) is 1.61. The number of hydrogen-bond acceptors (Lipinski definition) is 3. The number of rotatable bonds is 2. The highest BCUT2D eigenvalue weighted by atomic mass is 16.2. The molecule has 23 heavy (non-hydrogen) atoms. The standard InChI is InChI=1S/C18H22N4O/c23-18(17-9-3-6-14-5-1-2-8-16(14)17)21-10-4-7-15(11-21)22-13-19-12-20-22/h1-2,5,8,12-13,15,17H,3-4,6-7,9-11H2/t15-,17+/m1/s1. The minimum Gasteiger partial charge on any atom is -0.340 e. The van der Waals surface area contributed by atoms with Gasteiger partial charge in [0.05, 0.1) is 12.0 Å². The van der Waals surface area contributed by atoms with Crippen LogP contribution >= 0.6 is 0 Å². The predicted molar refractivity (Wildman–Crippen MR) is 87.0 cm³/mol. The van der Waals surface area contributed by atoms with Crippen LogP contribution < -0.4 is 0 Å². The van der Waals surface area contributed by atoms with Crippen LogP contribution in [0.25, 0.3) is 0 Å². The lowest BCUT2D eigenvalue weighted by Gasteiger charge is -2.36. The Balaban J connectivity index is 1.53. The fraction of sp³-hybridized carbons (Fsp3) is 0.500. The zero-order valence-corrected chi connectivity index (χ0v) is 13.3. The van der Waals surface area contributed by atoms with E-state index in [2.05, 4.69) is 34.3 Å². The molecule has 0 radical (unpaired) electrons. The summed E-state index contributed by atoms with van der Waals surface area (Å²) in [5.41, 5.74) is 2.59. The number of likely N-dealkylation sites (tertiary alicyclic amines) is 1. The lowest BCUT2D eigenvalue weighted by Crippen LogP contribution is -2.43. The maximum absolute atomic E-state index is 13.1. The maximum Gasteiger partial charge on any atom is 0.230 e. The highest BCUT2D eigenvalue weighted by Gasteiger charge is 2.32. The molecule has 2 atom stereocenters. The van der Waals surface area contributed by atoms with Gasteiger partial charge in [-0.15, -0.1) is 0 Å². The molecule has 0 spiro atoms. The first kappa shape index (κ1) is 14.4. The lowest BCUT2D eigenvalue weighted by atomic mass is 9.82. The SMILES string of the molecule is O=C([C@H]1CCCc2ccccc21)N1CCC[C@@H](n2cncn2)C1. The van der Waals surface area contributed by atoms with Gasteiger partial charge in [0.1, 0.15) is 12.7 Å². The summed E-state index contributed by atoms with van der Waals surface area (Å²) in [7, 11) is 0. The van der Waals surface area contributed by atoms with E-state index in [0.29, 0.717) is 5.91 Å². The number of hydrogen-bond donors (Lipinski definition) is 0. The van der Waals surface area contributed by atoms with Gasteiger partial charge in [-0.3, -0.25) is 4.79 Å². The van der Waals surface area contributed by atoms with Crippen molar-refractivity contribution in [1.29, 1.82) is 0 Å². The summed E-state index contributed by atoms with van der Waals surface area (Å²) < 4.78 is 1.90. The van der Waals surface area contributed by atoms with Crippen LogP contribution in [0.4, 0.5) is 0 Å².